The van der Waals surface area contributed by atoms with Crippen molar-refractivity contribution in [3.63, 3.8) is 0 Å². The summed E-state index contributed by atoms with van der Waals surface area (Å²) in [5, 5.41) is 5.06. The summed E-state index contributed by atoms with van der Waals surface area (Å²) in [5.74, 6) is -13.6. The van der Waals surface area contributed by atoms with E-state index in [1.165, 1.54) is 20.8 Å². The minimum atomic E-state index is -4.85. The van der Waals surface area contributed by atoms with E-state index >= 15 is 0 Å². The van der Waals surface area contributed by atoms with Crippen molar-refractivity contribution in [3.05, 3.63) is 0 Å². The van der Waals surface area contributed by atoms with Gasteiger partial charge in [0, 0.05) is 19.5 Å². The summed E-state index contributed by atoms with van der Waals surface area (Å²) in [6.07, 6.45) is -6.30. The number of hydrogen-bond acceptors (Lipinski definition) is 5. The van der Waals surface area contributed by atoms with Gasteiger partial charge in [0.2, 0.25) is 17.7 Å². The first-order valence-corrected chi connectivity index (χ1v) is 12.9. The molecule has 0 spiro atoms. The molecule has 2 aliphatic heterocycles. The van der Waals surface area contributed by atoms with E-state index in [4.69, 9.17) is 11.6 Å². The fourth-order valence-corrected chi connectivity index (χ4v) is 4.79. The highest BCUT2D eigenvalue weighted by Gasteiger charge is 2.62. The van der Waals surface area contributed by atoms with Gasteiger partial charge in [-0.15, -0.1) is 0 Å². The lowest BCUT2D eigenvalue weighted by Crippen LogP contribution is -2.60. The highest BCUT2D eigenvalue weighted by Crippen LogP contribution is 2.49. The Balaban J connectivity index is 1.86. The van der Waals surface area contributed by atoms with E-state index in [9.17, 15) is 50.3 Å². The van der Waals surface area contributed by atoms with Gasteiger partial charge < -0.3 is 15.5 Å². The number of nitrogens with zero attached hydrogens (tertiary/aromatic N) is 2. The maximum Gasteiger partial charge on any atom is 0.393 e. The SMILES string of the molecule is CC(C)(C)[C@H](NC(=O)[C@@H]1CC1(F)F)C(=O)N1C[C@H](C(F)(F)F)C[C@H]1C(=O)NN(C[C@@H]1CCNC1=O)C(=O)[C@@H](F)Cl. The van der Waals surface area contributed by atoms with Gasteiger partial charge in [0.1, 0.15) is 18.0 Å². The van der Waals surface area contributed by atoms with Crippen LogP contribution in [0.4, 0.5) is 26.3 Å². The van der Waals surface area contributed by atoms with E-state index < -0.39 is 108 Å². The normalized spacial score (nSPS) is 27.4. The minimum absolute atomic E-state index is 0.217. The second kappa shape index (κ2) is 11.2. The number of nitrogens with one attached hydrogen (secondary N) is 3. The molecular weight excluding hydrogens is 576 g/mol. The van der Waals surface area contributed by atoms with Gasteiger partial charge in [0.05, 0.1) is 18.4 Å². The minimum Gasteiger partial charge on any atom is -0.356 e. The predicted molar refractivity (Wildman–Crippen MR) is 126 cm³/mol. The zero-order chi connectivity index (χ0) is 30.4. The second-order valence-corrected chi connectivity index (χ2v) is 11.7. The standard InChI is InChI=1S/C23H30ClF6N5O5/c1-21(2,3)14(32-17(37)12-7-22(12,26)27)19(39)34-9-11(23(28,29)30)6-13(34)18(38)33-35(20(40)15(24)25)8-10-4-5-31-16(10)36/h10-15H,4-9H2,1-3H3,(H,31,36)(H,32,37)(H,33,38)/t10-,11+,12-,13-,14+,15+/m0/s1. The Hall–Kier alpha value is -2.78. The van der Waals surface area contributed by atoms with Crippen molar-refractivity contribution in [2.75, 3.05) is 19.6 Å². The van der Waals surface area contributed by atoms with Gasteiger partial charge in [0.25, 0.3) is 23.4 Å². The average molecular weight is 606 g/mol. The van der Waals surface area contributed by atoms with E-state index in [0.29, 0.717) is 9.91 Å². The molecule has 3 aliphatic rings. The Morgan fingerprint density at radius 2 is 1.77 bits per heavy atom. The van der Waals surface area contributed by atoms with Crippen molar-refractivity contribution in [1.29, 1.82) is 0 Å². The van der Waals surface area contributed by atoms with Crippen LogP contribution in [-0.4, -0.2) is 88.9 Å². The van der Waals surface area contributed by atoms with Gasteiger partial charge in [0.15, 0.2) is 0 Å². The monoisotopic (exact) mass is 605 g/mol. The molecule has 3 fully saturated rings. The van der Waals surface area contributed by atoms with E-state index in [-0.39, 0.29) is 13.0 Å². The first-order valence-electron chi connectivity index (χ1n) is 12.5. The molecule has 10 nitrogen and oxygen atoms in total. The lowest BCUT2D eigenvalue weighted by molar-refractivity contribution is -0.171. The fourth-order valence-electron chi connectivity index (χ4n) is 4.68. The lowest BCUT2D eigenvalue weighted by atomic mass is 9.85. The van der Waals surface area contributed by atoms with Crippen molar-refractivity contribution in [1.82, 2.24) is 26.0 Å². The van der Waals surface area contributed by atoms with Gasteiger partial charge in [-0.25, -0.2) is 18.2 Å². The molecule has 0 aromatic carbocycles. The zero-order valence-electron chi connectivity index (χ0n) is 21.8. The highest BCUT2D eigenvalue weighted by atomic mass is 35.5. The molecule has 2 saturated heterocycles. The highest BCUT2D eigenvalue weighted by molar-refractivity contribution is 6.29. The smallest absolute Gasteiger partial charge is 0.356 e. The third-order valence-electron chi connectivity index (χ3n) is 7.16. The molecule has 1 saturated carbocycles. The third kappa shape index (κ3) is 7.10. The molecule has 0 bridgehead atoms. The van der Waals surface area contributed by atoms with Crippen LogP contribution >= 0.6 is 11.6 Å². The number of rotatable bonds is 7. The molecule has 0 aromatic rings. The lowest BCUT2D eigenvalue weighted by Gasteiger charge is -2.36. The maximum absolute atomic E-state index is 13.7. The van der Waals surface area contributed by atoms with Gasteiger partial charge in [-0.3, -0.25) is 29.4 Å². The van der Waals surface area contributed by atoms with Gasteiger partial charge in [-0.2, -0.15) is 13.2 Å². The number of halogens is 7. The topological polar surface area (TPSA) is 128 Å². The second-order valence-electron chi connectivity index (χ2n) is 11.3. The van der Waals surface area contributed by atoms with Crippen LogP contribution in [0.1, 0.15) is 40.0 Å². The van der Waals surface area contributed by atoms with E-state index in [1.54, 1.807) is 0 Å². The Bertz CT molecular complexity index is 1050. The average Bonchev–Trinajstić information content (AvgIpc) is 3.15. The molecule has 2 heterocycles. The molecule has 0 aromatic heterocycles. The van der Waals surface area contributed by atoms with Crippen molar-refractivity contribution in [3.8, 4) is 0 Å². The summed E-state index contributed by atoms with van der Waals surface area (Å²) < 4.78 is 81.6. The van der Waals surface area contributed by atoms with Crippen LogP contribution in [-0.2, 0) is 24.0 Å². The molecule has 0 radical (unpaired) electrons. The van der Waals surface area contributed by atoms with Crippen LogP contribution in [0.2, 0.25) is 0 Å². The summed E-state index contributed by atoms with van der Waals surface area (Å²) in [4.78, 5) is 63.9. The molecule has 226 valence electrons. The number of carbonyl (C=O) groups excluding carboxylic acids is 5. The van der Waals surface area contributed by atoms with Gasteiger partial charge in [-0.05, 0) is 18.3 Å². The van der Waals surface area contributed by atoms with Gasteiger partial charge >= 0.3 is 6.18 Å². The molecule has 40 heavy (non-hydrogen) atoms. The summed E-state index contributed by atoms with van der Waals surface area (Å²) in [7, 11) is 0. The molecule has 3 rings (SSSR count). The van der Waals surface area contributed by atoms with Crippen molar-refractivity contribution in [2.45, 2.75) is 69.8 Å². The van der Waals surface area contributed by atoms with Crippen LogP contribution in [0.5, 0.6) is 0 Å². The summed E-state index contributed by atoms with van der Waals surface area (Å²) in [6, 6.07) is -3.43. The first kappa shape index (κ1) is 31.7. The number of hydrazine groups is 1. The fraction of sp³-hybridized carbons (Fsp3) is 0.783. The quantitative estimate of drug-likeness (QED) is 0.230. The van der Waals surface area contributed by atoms with Crippen LogP contribution in [0, 0.1) is 23.2 Å². The van der Waals surface area contributed by atoms with Crippen LogP contribution in [0.25, 0.3) is 0 Å². The van der Waals surface area contributed by atoms with E-state index in [2.05, 4.69) is 10.6 Å². The number of hydrogen-bond donors (Lipinski definition) is 3. The number of likely N-dealkylation sites (tertiary alicyclic amines) is 1. The van der Waals surface area contributed by atoms with Crippen molar-refractivity contribution < 1.29 is 50.3 Å². The summed E-state index contributed by atoms with van der Waals surface area (Å²) >= 11 is 5.22. The van der Waals surface area contributed by atoms with Crippen LogP contribution < -0.4 is 16.1 Å². The molecular formula is C23H30ClF6N5O5. The molecule has 0 unspecified atom stereocenters. The molecule has 3 N–H and O–H groups in total. The van der Waals surface area contributed by atoms with Crippen molar-refractivity contribution in [2.24, 2.45) is 23.2 Å². The Kier molecular flexibility index (Phi) is 8.92. The number of alkyl halides is 7. The number of carbonyl (C=O) groups is 5. The Morgan fingerprint density at radius 3 is 2.23 bits per heavy atom. The Labute approximate surface area is 230 Å². The van der Waals surface area contributed by atoms with Gasteiger partial charge in [-0.1, -0.05) is 32.4 Å². The summed E-state index contributed by atoms with van der Waals surface area (Å²) in [6.45, 7) is 3.04. The molecule has 6 atom stereocenters. The van der Waals surface area contributed by atoms with Crippen LogP contribution in [0.3, 0.4) is 0 Å². The van der Waals surface area contributed by atoms with E-state index in [1.807, 2.05) is 5.43 Å². The van der Waals surface area contributed by atoms with E-state index in [0.717, 1.165) is 0 Å². The molecule has 17 heteroatoms. The summed E-state index contributed by atoms with van der Waals surface area (Å²) in [5.41, 5.74) is -1.84. The van der Waals surface area contributed by atoms with Crippen molar-refractivity contribution >= 4 is 41.1 Å². The first-order chi connectivity index (χ1) is 18.2. The predicted octanol–water partition coefficient (Wildman–Crippen LogP) is 1.48. The van der Waals surface area contributed by atoms with Crippen LogP contribution in [0.15, 0.2) is 0 Å². The largest absolute Gasteiger partial charge is 0.393 e. The third-order valence-corrected chi connectivity index (χ3v) is 7.34. The zero-order valence-corrected chi connectivity index (χ0v) is 22.5. The molecule has 1 aliphatic carbocycles. The maximum atomic E-state index is 13.7. The molecule has 5 amide bonds. The number of amides is 5. The Morgan fingerprint density at radius 1 is 1.18 bits per heavy atom.